The minimum absolute atomic E-state index is 0.0101. The van der Waals surface area contributed by atoms with Gasteiger partial charge in [-0.2, -0.15) is 13.2 Å². The number of aryl methyl sites for hydroxylation is 1. The number of alkyl halides is 3. The summed E-state index contributed by atoms with van der Waals surface area (Å²) in [5.74, 6) is 0.0700. The molecule has 3 rings (SSSR count). The van der Waals surface area contributed by atoms with Crippen LogP contribution in [0.15, 0.2) is 65.6 Å². The van der Waals surface area contributed by atoms with Crippen LogP contribution in [-0.2, 0) is 12.6 Å². The van der Waals surface area contributed by atoms with E-state index in [-0.39, 0.29) is 12.2 Å². The molecular weight excluding hydrogens is 489 g/mol. The summed E-state index contributed by atoms with van der Waals surface area (Å²) in [6, 6.07) is 15.1. The highest BCUT2D eigenvalue weighted by atomic mass is 32.2. The van der Waals surface area contributed by atoms with Gasteiger partial charge in [0.15, 0.2) is 0 Å². The van der Waals surface area contributed by atoms with Crippen molar-refractivity contribution >= 4 is 23.5 Å². The molecule has 0 atom stereocenters. The Morgan fingerprint density at radius 1 is 1.03 bits per heavy atom. The molecule has 3 aromatic rings. The van der Waals surface area contributed by atoms with Gasteiger partial charge in [-0.1, -0.05) is 38.1 Å². The van der Waals surface area contributed by atoms with Crippen molar-refractivity contribution in [2.75, 3.05) is 19.0 Å². The first kappa shape index (κ1) is 29.2. The van der Waals surface area contributed by atoms with E-state index in [0.29, 0.717) is 52.3 Å². The van der Waals surface area contributed by atoms with E-state index < -0.39 is 17.6 Å². The number of methoxy groups -OCH3 is 1. The van der Waals surface area contributed by atoms with E-state index in [9.17, 15) is 18.0 Å². The number of carbonyl (C=O) groups is 1. The van der Waals surface area contributed by atoms with Crippen LogP contribution < -0.4 is 15.2 Å². The van der Waals surface area contributed by atoms with Gasteiger partial charge in [-0.25, -0.2) is 0 Å². The number of aliphatic hydroxyl groups is 1. The number of nitrogens with two attached hydrogens (primary N) is 1. The standard InChI is InChI=1S/C25H25F3N2O3S.C2H6/c1-33-22-15-17(9-12-23(22)34-29)24(32)30-18-10-11-19(16(14-18)6-4-5-13-31)20-7-2-3-8-21(20)25(26,27)28;1-2/h2-3,7-12,14-15,31H,4-6,13,29H2,1H3,(H,30,32);1-2H3. The lowest BCUT2D eigenvalue weighted by molar-refractivity contribution is -0.137. The second-order valence-electron chi connectivity index (χ2n) is 7.53. The number of aliphatic hydroxyl groups excluding tert-OH is 1. The maximum Gasteiger partial charge on any atom is 0.417 e. The lowest BCUT2D eigenvalue weighted by Gasteiger charge is -2.17. The molecule has 0 unspecified atom stereocenters. The summed E-state index contributed by atoms with van der Waals surface area (Å²) in [5.41, 5.74) is 1.24. The number of hydrogen-bond donors (Lipinski definition) is 3. The molecule has 36 heavy (non-hydrogen) atoms. The van der Waals surface area contributed by atoms with E-state index in [2.05, 4.69) is 5.32 Å². The second-order valence-corrected chi connectivity index (χ2v) is 8.21. The normalized spacial score (nSPS) is 10.9. The van der Waals surface area contributed by atoms with Crippen molar-refractivity contribution in [2.24, 2.45) is 5.14 Å². The van der Waals surface area contributed by atoms with E-state index >= 15 is 0 Å². The fraction of sp³-hybridized carbons (Fsp3) is 0.296. The third kappa shape index (κ3) is 7.49. The van der Waals surface area contributed by atoms with Crippen molar-refractivity contribution in [2.45, 2.75) is 44.2 Å². The molecule has 0 saturated carbocycles. The predicted molar refractivity (Wildman–Crippen MR) is 139 cm³/mol. The van der Waals surface area contributed by atoms with E-state index in [4.69, 9.17) is 15.0 Å². The number of amides is 1. The number of nitrogens with one attached hydrogen (secondary N) is 1. The minimum atomic E-state index is -4.50. The fourth-order valence-electron chi connectivity index (χ4n) is 3.64. The van der Waals surface area contributed by atoms with Gasteiger partial charge < -0.3 is 15.2 Å². The van der Waals surface area contributed by atoms with Crippen LogP contribution in [0.1, 0.15) is 48.2 Å². The molecule has 0 aliphatic rings. The third-order valence-corrected chi connectivity index (χ3v) is 5.88. The summed E-state index contributed by atoms with van der Waals surface area (Å²) in [7, 11) is 1.48. The van der Waals surface area contributed by atoms with Crippen molar-refractivity contribution in [3.05, 3.63) is 77.4 Å². The largest absolute Gasteiger partial charge is 0.496 e. The van der Waals surface area contributed by atoms with Crippen LogP contribution in [0.5, 0.6) is 5.75 Å². The molecule has 0 saturated heterocycles. The lowest BCUT2D eigenvalue weighted by atomic mass is 9.92. The second kappa shape index (κ2) is 13.9. The third-order valence-electron chi connectivity index (χ3n) is 5.29. The summed E-state index contributed by atoms with van der Waals surface area (Å²) in [5, 5.41) is 17.5. The Morgan fingerprint density at radius 3 is 2.39 bits per heavy atom. The summed E-state index contributed by atoms with van der Waals surface area (Å²) < 4.78 is 46.1. The minimum Gasteiger partial charge on any atom is -0.496 e. The van der Waals surface area contributed by atoms with Gasteiger partial charge in [-0.15, -0.1) is 0 Å². The molecule has 0 bridgehead atoms. The Labute approximate surface area is 214 Å². The van der Waals surface area contributed by atoms with Gasteiger partial charge in [-0.05, 0) is 84.3 Å². The highest BCUT2D eigenvalue weighted by Crippen LogP contribution is 2.39. The first-order valence-corrected chi connectivity index (χ1v) is 12.4. The Hall–Kier alpha value is -3.01. The van der Waals surface area contributed by atoms with Crippen LogP contribution in [0, 0.1) is 0 Å². The molecule has 0 aromatic heterocycles. The van der Waals surface area contributed by atoms with Gasteiger partial charge in [-0.3, -0.25) is 9.93 Å². The molecule has 4 N–H and O–H groups in total. The Bertz CT molecular complexity index is 1150. The van der Waals surface area contributed by atoms with Crippen molar-refractivity contribution in [1.82, 2.24) is 0 Å². The van der Waals surface area contributed by atoms with Crippen LogP contribution in [0.4, 0.5) is 18.9 Å². The van der Waals surface area contributed by atoms with Gasteiger partial charge >= 0.3 is 6.18 Å². The van der Waals surface area contributed by atoms with Gasteiger partial charge in [0.2, 0.25) is 0 Å². The van der Waals surface area contributed by atoms with Gasteiger partial charge in [0.05, 0.1) is 17.6 Å². The van der Waals surface area contributed by atoms with E-state index in [1.165, 1.54) is 19.2 Å². The average Bonchev–Trinajstić information content (AvgIpc) is 2.89. The molecule has 5 nitrogen and oxygen atoms in total. The highest BCUT2D eigenvalue weighted by Gasteiger charge is 2.33. The Morgan fingerprint density at radius 2 is 1.75 bits per heavy atom. The Kier molecular flexibility index (Phi) is 11.3. The van der Waals surface area contributed by atoms with Gasteiger partial charge in [0.1, 0.15) is 5.75 Å². The molecule has 0 radical (unpaired) electrons. The number of benzene rings is 3. The summed E-state index contributed by atoms with van der Waals surface area (Å²) in [6.07, 6.45) is -2.95. The first-order valence-electron chi connectivity index (χ1n) is 11.5. The molecule has 0 spiro atoms. The molecular formula is C27H31F3N2O3S. The van der Waals surface area contributed by atoms with Crippen LogP contribution >= 0.6 is 11.9 Å². The quantitative estimate of drug-likeness (QED) is 0.210. The van der Waals surface area contributed by atoms with Gasteiger partial charge in [0, 0.05) is 17.9 Å². The van der Waals surface area contributed by atoms with Crippen molar-refractivity contribution in [3.8, 4) is 16.9 Å². The summed E-state index contributed by atoms with van der Waals surface area (Å²) >= 11 is 1.00. The van der Waals surface area contributed by atoms with E-state index in [1.54, 1.807) is 42.5 Å². The SMILES string of the molecule is CC.COc1cc(C(=O)Nc2ccc(-c3ccccc3C(F)(F)F)c(CCCCO)c2)ccc1SN. The number of halogens is 3. The molecule has 9 heteroatoms. The van der Waals surface area contributed by atoms with E-state index in [1.807, 2.05) is 13.8 Å². The van der Waals surface area contributed by atoms with Crippen molar-refractivity contribution in [3.63, 3.8) is 0 Å². The van der Waals surface area contributed by atoms with E-state index in [0.717, 1.165) is 18.0 Å². The smallest absolute Gasteiger partial charge is 0.417 e. The number of hydrogen-bond acceptors (Lipinski definition) is 5. The monoisotopic (exact) mass is 520 g/mol. The number of unbranched alkanes of at least 4 members (excludes halogenated alkanes) is 1. The predicted octanol–water partition coefficient (Wildman–Crippen LogP) is 6.94. The molecule has 0 aliphatic carbocycles. The molecule has 0 fully saturated rings. The zero-order chi connectivity index (χ0) is 26.7. The number of anilines is 1. The highest BCUT2D eigenvalue weighted by molar-refractivity contribution is 7.97. The van der Waals surface area contributed by atoms with Gasteiger partial charge in [0.25, 0.3) is 5.91 Å². The number of ether oxygens (including phenoxy) is 1. The van der Waals surface area contributed by atoms with Crippen molar-refractivity contribution in [1.29, 1.82) is 0 Å². The number of rotatable bonds is 9. The van der Waals surface area contributed by atoms with Crippen LogP contribution in [0.3, 0.4) is 0 Å². The zero-order valence-electron chi connectivity index (χ0n) is 20.5. The molecule has 1 amide bonds. The van der Waals surface area contributed by atoms with Crippen LogP contribution in [0.2, 0.25) is 0 Å². The first-order chi connectivity index (χ1) is 17.3. The summed E-state index contributed by atoms with van der Waals surface area (Å²) in [6.45, 7) is 3.99. The number of carbonyl (C=O) groups excluding carboxylic acids is 1. The summed E-state index contributed by atoms with van der Waals surface area (Å²) in [4.78, 5) is 13.5. The molecule has 3 aromatic carbocycles. The molecule has 0 aliphatic heterocycles. The van der Waals surface area contributed by atoms with Crippen LogP contribution in [-0.4, -0.2) is 24.7 Å². The maximum atomic E-state index is 13.6. The zero-order valence-corrected chi connectivity index (χ0v) is 21.3. The molecule has 194 valence electrons. The fourth-order valence-corrected chi connectivity index (χ4v) is 4.05. The maximum absolute atomic E-state index is 13.6. The van der Waals surface area contributed by atoms with Crippen molar-refractivity contribution < 1.29 is 27.8 Å². The Balaban J connectivity index is 0.00000222. The molecule has 0 heterocycles. The topological polar surface area (TPSA) is 84.6 Å². The average molecular weight is 521 g/mol. The lowest BCUT2D eigenvalue weighted by Crippen LogP contribution is -2.13. The van der Waals surface area contributed by atoms with Crippen LogP contribution in [0.25, 0.3) is 11.1 Å².